The smallest absolute Gasteiger partial charge is 0.305 e. The van der Waals surface area contributed by atoms with Gasteiger partial charge in [-0.2, -0.15) is 0 Å². The van der Waals surface area contributed by atoms with Gasteiger partial charge in [-0.05, 0) is 44.4 Å². The molecule has 1 unspecified atom stereocenters. The lowest BCUT2D eigenvalue weighted by Crippen LogP contribution is -2.22. The Bertz CT molecular complexity index is 499. The van der Waals surface area contributed by atoms with Gasteiger partial charge in [-0.25, -0.2) is 0 Å². The fraction of sp³-hybridized carbons (Fsp3) is 0.708. The zero-order chi connectivity index (χ0) is 21.3. The molecule has 2 N–H and O–H groups in total. The molecule has 0 aromatic heterocycles. The van der Waals surface area contributed by atoms with Gasteiger partial charge in [0.25, 0.3) is 0 Å². The molecule has 5 heteroatoms. The van der Waals surface area contributed by atoms with Crippen molar-refractivity contribution in [2.75, 3.05) is 20.3 Å². The molecule has 0 bridgehead atoms. The first kappa shape index (κ1) is 25.6. The third-order valence-electron chi connectivity index (χ3n) is 5.51. The van der Waals surface area contributed by atoms with Crippen LogP contribution >= 0.6 is 0 Å². The van der Waals surface area contributed by atoms with Gasteiger partial charge in [-0.15, -0.1) is 6.58 Å². The van der Waals surface area contributed by atoms with Gasteiger partial charge in [0.05, 0.1) is 25.9 Å². The van der Waals surface area contributed by atoms with Crippen LogP contribution in [0.3, 0.4) is 0 Å². The molecule has 1 aliphatic carbocycles. The molecule has 0 aliphatic heterocycles. The number of unbranched alkanes of at least 4 members (excludes halogenated alkanes) is 5. The molecule has 0 saturated heterocycles. The van der Waals surface area contributed by atoms with E-state index in [1.165, 1.54) is 7.11 Å². The van der Waals surface area contributed by atoms with Crippen LogP contribution in [0.1, 0.15) is 64.2 Å². The van der Waals surface area contributed by atoms with Crippen LogP contribution in [0.2, 0.25) is 0 Å². The van der Waals surface area contributed by atoms with Gasteiger partial charge in [0.1, 0.15) is 0 Å². The normalized spacial score (nSPS) is 24.5. The average molecular weight is 409 g/mol. The molecule has 166 valence electrons. The predicted octanol–water partition coefficient (Wildman–Crippen LogP) is 4.34. The Balaban J connectivity index is 2.52. The van der Waals surface area contributed by atoms with E-state index in [4.69, 9.17) is 9.84 Å². The standard InChI is InChI=1S/C24H40O5/c1-3-18-29-23-19-22(26)20(14-10-7-8-12-16-24(27)28-2)21(23)15-11-6-4-5-9-13-17-25/h3,7,10-11,15,20-23,25-26H,1,4-6,8-9,12-14,16-19H2,2H3/b10-7-,15-11+/t20?,21-,22+,23-/m1/s1. The van der Waals surface area contributed by atoms with Crippen molar-refractivity contribution in [2.24, 2.45) is 11.8 Å². The van der Waals surface area contributed by atoms with E-state index in [-0.39, 0.29) is 36.6 Å². The zero-order valence-corrected chi connectivity index (χ0v) is 18.0. The van der Waals surface area contributed by atoms with E-state index in [0.29, 0.717) is 19.4 Å². The number of hydrogen-bond donors (Lipinski definition) is 2. The fourth-order valence-electron chi connectivity index (χ4n) is 3.87. The minimum atomic E-state index is -0.372. The molecule has 1 saturated carbocycles. The topological polar surface area (TPSA) is 76.0 Å². The van der Waals surface area contributed by atoms with E-state index in [2.05, 4.69) is 35.6 Å². The Morgan fingerprint density at radius 2 is 1.86 bits per heavy atom. The average Bonchev–Trinajstić information content (AvgIpc) is 3.02. The quantitative estimate of drug-likeness (QED) is 0.226. The second-order valence-electron chi connectivity index (χ2n) is 7.73. The van der Waals surface area contributed by atoms with Crippen molar-refractivity contribution >= 4 is 5.97 Å². The summed E-state index contributed by atoms with van der Waals surface area (Å²) in [5.74, 6) is 0.169. The summed E-state index contributed by atoms with van der Waals surface area (Å²) in [5, 5.41) is 19.4. The molecule has 0 heterocycles. The van der Waals surface area contributed by atoms with Crippen LogP contribution in [-0.2, 0) is 14.3 Å². The van der Waals surface area contributed by atoms with E-state index >= 15 is 0 Å². The molecule has 1 fully saturated rings. The lowest BCUT2D eigenvalue weighted by atomic mass is 9.89. The molecule has 4 atom stereocenters. The largest absolute Gasteiger partial charge is 0.469 e. The van der Waals surface area contributed by atoms with Crippen LogP contribution in [0.5, 0.6) is 0 Å². The van der Waals surface area contributed by atoms with Crippen LogP contribution in [-0.4, -0.2) is 48.7 Å². The molecule has 0 amide bonds. The summed E-state index contributed by atoms with van der Waals surface area (Å²) in [4.78, 5) is 11.1. The lowest BCUT2D eigenvalue weighted by Gasteiger charge is -2.21. The first-order valence-electron chi connectivity index (χ1n) is 11.0. The van der Waals surface area contributed by atoms with E-state index in [1.807, 2.05) is 0 Å². The minimum Gasteiger partial charge on any atom is -0.469 e. The zero-order valence-electron chi connectivity index (χ0n) is 18.0. The third kappa shape index (κ3) is 10.8. The van der Waals surface area contributed by atoms with Gasteiger partial charge in [-0.3, -0.25) is 4.79 Å². The number of carbonyl (C=O) groups is 1. The van der Waals surface area contributed by atoms with Gasteiger partial charge in [0.2, 0.25) is 0 Å². The van der Waals surface area contributed by atoms with Crippen LogP contribution in [0.25, 0.3) is 0 Å². The van der Waals surface area contributed by atoms with E-state index < -0.39 is 0 Å². The highest BCUT2D eigenvalue weighted by atomic mass is 16.5. The molecule has 5 nitrogen and oxygen atoms in total. The first-order valence-corrected chi connectivity index (χ1v) is 11.0. The van der Waals surface area contributed by atoms with Crippen molar-refractivity contribution in [1.82, 2.24) is 0 Å². The van der Waals surface area contributed by atoms with Crippen LogP contribution in [0, 0.1) is 11.8 Å². The molecule has 1 rings (SSSR count). The molecule has 29 heavy (non-hydrogen) atoms. The second-order valence-corrected chi connectivity index (χ2v) is 7.73. The Morgan fingerprint density at radius 3 is 2.59 bits per heavy atom. The van der Waals surface area contributed by atoms with Gasteiger partial charge >= 0.3 is 5.97 Å². The molecule has 0 spiro atoms. The monoisotopic (exact) mass is 408 g/mol. The molecule has 0 radical (unpaired) electrons. The lowest BCUT2D eigenvalue weighted by molar-refractivity contribution is -0.140. The number of aliphatic hydroxyl groups excluding tert-OH is 2. The van der Waals surface area contributed by atoms with Crippen molar-refractivity contribution < 1.29 is 24.5 Å². The number of esters is 1. The Morgan fingerprint density at radius 1 is 1.10 bits per heavy atom. The third-order valence-corrected chi connectivity index (χ3v) is 5.51. The molecule has 0 aromatic rings. The first-order chi connectivity index (χ1) is 14.1. The number of carbonyl (C=O) groups excluding carboxylic acids is 1. The van der Waals surface area contributed by atoms with Crippen molar-refractivity contribution in [3.05, 3.63) is 37.0 Å². The maximum Gasteiger partial charge on any atom is 0.305 e. The summed E-state index contributed by atoms with van der Waals surface area (Å²) in [6.45, 7) is 4.50. The van der Waals surface area contributed by atoms with Crippen molar-refractivity contribution in [3.8, 4) is 0 Å². The predicted molar refractivity (Wildman–Crippen MR) is 116 cm³/mol. The van der Waals surface area contributed by atoms with Gasteiger partial charge in [0, 0.05) is 25.4 Å². The van der Waals surface area contributed by atoms with E-state index in [0.717, 1.165) is 51.4 Å². The number of rotatable bonds is 16. The van der Waals surface area contributed by atoms with Crippen molar-refractivity contribution in [2.45, 2.75) is 76.4 Å². The molecule has 1 aliphatic rings. The molecular formula is C24H40O5. The second kappa shape index (κ2) is 16.4. The summed E-state index contributed by atoms with van der Waals surface area (Å²) in [6, 6.07) is 0. The molecule has 0 aromatic carbocycles. The molecular weight excluding hydrogens is 368 g/mol. The number of allylic oxidation sites excluding steroid dienone is 3. The maximum atomic E-state index is 11.1. The van der Waals surface area contributed by atoms with Gasteiger partial charge in [0.15, 0.2) is 0 Å². The minimum absolute atomic E-state index is 0.0198. The fourth-order valence-corrected chi connectivity index (χ4v) is 3.87. The van der Waals surface area contributed by atoms with Gasteiger partial charge in [-0.1, -0.05) is 43.2 Å². The Hall–Kier alpha value is -1.43. The van der Waals surface area contributed by atoms with Crippen molar-refractivity contribution in [1.29, 1.82) is 0 Å². The van der Waals surface area contributed by atoms with E-state index in [9.17, 15) is 9.90 Å². The van der Waals surface area contributed by atoms with Crippen LogP contribution in [0.4, 0.5) is 0 Å². The summed E-state index contributed by atoms with van der Waals surface area (Å²) >= 11 is 0. The highest BCUT2D eigenvalue weighted by Crippen LogP contribution is 2.38. The number of methoxy groups -OCH3 is 1. The van der Waals surface area contributed by atoms with Crippen molar-refractivity contribution in [3.63, 3.8) is 0 Å². The summed E-state index contributed by atoms with van der Waals surface area (Å²) in [7, 11) is 1.41. The highest BCUT2D eigenvalue weighted by Gasteiger charge is 2.40. The SMILES string of the molecule is C=CCO[C@@H]1C[C@H](O)C(C/C=C\CCCC(=O)OC)[C@H]1/C=C/CCCCCCO. The number of aliphatic hydroxyl groups is 2. The highest BCUT2D eigenvalue weighted by molar-refractivity contribution is 5.69. The summed E-state index contributed by atoms with van der Waals surface area (Å²) in [6.07, 6.45) is 18.8. The maximum absolute atomic E-state index is 11.1. The number of hydrogen-bond acceptors (Lipinski definition) is 5. The Labute approximate surface area is 176 Å². The van der Waals surface area contributed by atoms with Crippen LogP contribution < -0.4 is 0 Å². The van der Waals surface area contributed by atoms with E-state index in [1.54, 1.807) is 6.08 Å². The van der Waals surface area contributed by atoms with Crippen LogP contribution in [0.15, 0.2) is 37.0 Å². The number of ether oxygens (including phenoxy) is 2. The summed E-state index contributed by atoms with van der Waals surface area (Å²) < 4.78 is 10.6. The summed E-state index contributed by atoms with van der Waals surface area (Å²) in [5.41, 5.74) is 0. The van der Waals surface area contributed by atoms with Gasteiger partial charge < -0.3 is 19.7 Å². The Kier molecular flexibility index (Phi) is 14.5.